The van der Waals surface area contributed by atoms with Crippen LogP contribution in [0, 0.1) is 0 Å². The van der Waals surface area contributed by atoms with E-state index in [-0.39, 0.29) is 0 Å². The van der Waals surface area contributed by atoms with Crippen LogP contribution in [0.3, 0.4) is 0 Å². The first-order valence-corrected chi connectivity index (χ1v) is 5.50. The highest BCUT2D eigenvalue weighted by molar-refractivity contribution is 5.94. The molecule has 0 aromatic heterocycles. The zero-order chi connectivity index (χ0) is 10.7. The van der Waals surface area contributed by atoms with Crippen LogP contribution in [0.1, 0.15) is 24.8 Å². The van der Waals surface area contributed by atoms with E-state index in [0.717, 1.165) is 30.2 Å². The highest BCUT2D eigenvalue weighted by Crippen LogP contribution is 2.09. The van der Waals surface area contributed by atoms with Crippen molar-refractivity contribution < 1.29 is 4.58 Å². The first-order valence-electron chi connectivity index (χ1n) is 5.50. The average molecular weight is 204 g/mol. The summed E-state index contributed by atoms with van der Waals surface area (Å²) in [5, 5.41) is 0. The highest BCUT2D eigenvalue weighted by Gasteiger charge is 2.14. The smallest absolute Gasteiger partial charge is 0.275 e. The van der Waals surface area contributed by atoms with E-state index >= 15 is 0 Å². The molecule has 1 saturated heterocycles. The Balaban J connectivity index is 2.29. The number of hydrogen-bond donors (Lipinski definition) is 2. The van der Waals surface area contributed by atoms with Crippen LogP contribution in [-0.4, -0.2) is 23.5 Å². The van der Waals surface area contributed by atoms with Gasteiger partial charge in [0.15, 0.2) is 0 Å². The van der Waals surface area contributed by atoms with E-state index in [4.69, 9.17) is 11.5 Å². The number of nitrogen functional groups attached to an aromatic ring is 1. The third-order valence-electron chi connectivity index (χ3n) is 2.88. The summed E-state index contributed by atoms with van der Waals surface area (Å²) in [7, 11) is 0. The molecule has 0 amide bonds. The molecule has 0 spiro atoms. The molecule has 0 unspecified atom stereocenters. The highest BCUT2D eigenvalue weighted by atomic mass is 15.1. The van der Waals surface area contributed by atoms with Crippen molar-refractivity contribution in [2.45, 2.75) is 19.3 Å². The lowest BCUT2D eigenvalue weighted by atomic mass is 10.1. The van der Waals surface area contributed by atoms with Crippen LogP contribution < -0.4 is 11.5 Å². The Morgan fingerprint density at radius 2 is 1.87 bits per heavy atom. The predicted molar refractivity (Wildman–Crippen MR) is 63.0 cm³/mol. The van der Waals surface area contributed by atoms with Crippen molar-refractivity contribution in [2.75, 3.05) is 18.8 Å². The Hall–Kier alpha value is -1.51. The van der Waals surface area contributed by atoms with Gasteiger partial charge in [-0.1, -0.05) is 6.07 Å². The largest absolute Gasteiger partial charge is 0.399 e. The Bertz CT molecular complexity index is 374. The molecule has 3 nitrogen and oxygen atoms in total. The quantitative estimate of drug-likeness (QED) is 0.410. The van der Waals surface area contributed by atoms with Gasteiger partial charge in [-0.25, -0.2) is 0 Å². The zero-order valence-corrected chi connectivity index (χ0v) is 8.95. The summed E-state index contributed by atoms with van der Waals surface area (Å²) >= 11 is 0. The molecule has 80 valence electrons. The molecule has 1 aromatic carbocycles. The number of nitrogens with two attached hydrogens (primary N) is 2. The molecule has 0 atom stereocenters. The molecule has 1 fully saturated rings. The Kier molecular flexibility index (Phi) is 2.90. The van der Waals surface area contributed by atoms with Gasteiger partial charge in [0, 0.05) is 5.69 Å². The van der Waals surface area contributed by atoms with Gasteiger partial charge >= 0.3 is 0 Å². The number of nitrogens with zero attached hydrogens (tertiary/aromatic N) is 1. The summed E-state index contributed by atoms with van der Waals surface area (Å²) in [5.74, 6) is 0.863. The van der Waals surface area contributed by atoms with Gasteiger partial charge in [0.25, 0.3) is 5.84 Å². The molecule has 1 aliphatic rings. The summed E-state index contributed by atoms with van der Waals surface area (Å²) in [6.45, 7) is 2.14. The topological polar surface area (TPSA) is 55.0 Å². The monoisotopic (exact) mass is 204 g/mol. The molecule has 0 aliphatic carbocycles. The molecule has 15 heavy (non-hydrogen) atoms. The molecule has 2 rings (SSSR count). The summed E-state index contributed by atoms with van der Waals surface area (Å²) in [4.78, 5) is 0. The van der Waals surface area contributed by atoms with Crippen LogP contribution in [0.2, 0.25) is 0 Å². The molecule has 0 saturated carbocycles. The molecule has 0 radical (unpaired) electrons. The van der Waals surface area contributed by atoms with Gasteiger partial charge in [-0.15, -0.1) is 0 Å². The first kappa shape index (κ1) is 10.0. The van der Waals surface area contributed by atoms with Gasteiger partial charge in [-0.2, -0.15) is 0 Å². The fourth-order valence-corrected chi connectivity index (χ4v) is 2.02. The van der Waals surface area contributed by atoms with Crippen LogP contribution in [-0.2, 0) is 0 Å². The number of benzene rings is 1. The van der Waals surface area contributed by atoms with E-state index < -0.39 is 0 Å². The van der Waals surface area contributed by atoms with Gasteiger partial charge in [-0.3, -0.25) is 10.3 Å². The number of amidine groups is 1. The fraction of sp³-hybridized carbons (Fsp3) is 0.417. The van der Waals surface area contributed by atoms with Gasteiger partial charge in [-0.05, 0) is 37.5 Å². The maximum absolute atomic E-state index is 6.13. The van der Waals surface area contributed by atoms with Crippen LogP contribution >= 0.6 is 0 Å². The average Bonchev–Trinajstić information content (AvgIpc) is 2.29. The van der Waals surface area contributed by atoms with Crippen molar-refractivity contribution in [1.82, 2.24) is 0 Å². The molecule has 0 bridgehead atoms. The third-order valence-corrected chi connectivity index (χ3v) is 2.88. The second kappa shape index (κ2) is 4.34. The lowest BCUT2D eigenvalue weighted by Gasteiger charge is -2.14. The van der Waals surface area contributed by atoms with Gasteiger partial charge in [0.05, 0.1) is 18.7 Å². The van der Waals surface area contributed by atoms with Crippen LogP contribution in [0.5, 0.6) is 0 Å². The number of anilines is 1. The number of rotatable bonds is 1. The molecular formula is C12H18N3+. The van der Waals surface area contributed by atoms with Crippen molar-refractivity contribution >= 4 is 11.5 Å². The van der Waals surface area contributed by atoms with E-state index in [0.29, 0.717) is 0 Å². The molecule has 4 N–H and O–H groups in total. The SMILES string of the molecule is NC(c1cccc(N)c1)=[N+]1CCCCC1. The second-order valence-corrected chi connectivity index (χ2v) is 4.06. The summed E-state index contributed by atoms with van der Waals surface area (Å²) in [6.07, 6.45) is 3.80. The lowest BCUT2D eigenvalue weighted by molar-refractivity contribution is -0.537. The molecule has 1 aromatic rings. The van der Waals surface area contributed by atoms with Gasteiger partial charge in [0.1, 0.15) is 0 Å². The van der Waals surface area contributed by atoms with Crippen molar-refractivity contribution in [1.29, 1.82) is 0 Å². The minimum atomic E-state index is 0.771. The van der Waals surface area contributed by atoms with Crippen molar-refractivity contribution in [2.24, 2.45) is 5.73 Å². The summed E-state index contributed by atoms with van der Waals surface area (Å²) in [5.41, 5.74) is 13.7. The lowest BCUT2D eigenvalue weighted by Crippen LogP contribution is -2.33. The summed E-state index contributed by atoms with van der Waals surface area (Å²) in [6, 6.07) is 7.78. The van der Waals surface area contributed by atoms with Crippen LogP contribution in [0.25, 0.3) is 0 Å². The Morgan fingerprint density at radius 1 is 1.13 bits per heavy atom. The second-order valence-electron chi connectivity index (χ2n) is 4.06. The maximum Gasteiger partial charge on any atom is 0.275 e. The number of piperidine rings is 1. The molecule has 1 heterocycles. The van der Waals surface area contributed by atoms with Crippen LogP contribution in [0.15, 0.2) is 24.3 Å². The normalized spacial score (nSPS) is 16.4. The third kappa shape index (κ3) is 2.29. The Labute approximate surface area is 90.4 Å². The van der Waals surface area contributed by atoms with Gasteiger partial charge < -0.3 is 5.73 Å². The van der Waals surface area contributed by atoms with Gasteiger partial charge in [0.2, 0.25) is 0 Å². The zero-order valence-electron chi connectivity index (χ0n) is 8.95. The van der Waals surface area contributed by atoms with Crippen molar-refractivity contribution in [3.63, 3.8) is 0 Å². The van der Waals surface area contributed by atoms with Crippen molar-refractivity contribution in [3.05, 3.63) is 29.8 Å². The number of hydrogen-bond acceptors (Lipinski definition) is 1. The predicted octanol–water partition coefficient (Wildman–Crippen LogP) is 1.17. The Morgan fingerprint density at radius 3 is 2.53 bits per heavy atom. The molecular weight excluding hydrogens is 186 g/mol. The maximum atomic E-state index is 6.13. The minimum absolute atomic E-state index is 0.771. The van der Waals surface area contributed by atoms with E-state index in [9.17, 15) is 0 Å². The van der Waals surface area contributed by atoms with E-state index in [1.165, 1.54) is 19.3 Å². The van der Waals surface area contributed by atoms with E-state index in [1.807, 2.05) is 24.3 Å². The standard InChI is InChI=1S/C12H17N3/c13-11-6-4-5-10(9-11)12(14)15-7-2-1-3-8-15/h4-6,9,14H,1-3,7-8,13H2/p+1. The fourth-order valence-electron chi connectivity index (χ4n) is 2.02. The minimum Gasteiger partial charge on any atom is -0.399 e. The van der Waals surface area contributed by atoms with Crippen molar-refractivity contribution in [3.8, 4) is 0 Å². The van der Waals surface area contributed by atoms with E-state index in [2.05, 4.69) is 4.58 Å². The first-order chi connectivity index (χ1) is 7.27. The molecule has 3 heteroatoms. The summed E-state index contributed by atoms with van der Waals surface area (Å²) < 4.78 is 2.25. The molecule has 1 aliphatic heterocycles. The van der Waals surface area contributed by atoms with Crippen LogP contribution in [0.4, 0.5) is 5.69 Å². The van der Waals surface area contributed by atoms with E-state index in [1.54, 1.807) is 0 Å².